The molecule has 1 aliphatic heterocycles. The molecule has 1 aromatic rings. The maximum absolute atomic E-state index is 11.7. The van der Waals surface area contributed by atoms with E-state index in [0.717, 1.165) is 31.6 Å². The predicted molar refractivity (Wildman–Crippen MR) is 73.3 cm³/mol. The van der Waals surface area contributed by atoms with E-state index in [1.54, 1.807) is 7.11 Å². The van der Waals surface area contributed by atoms with Gasteiger partial charge in [0.1, 0.15) is 5.75 Å². The zero-order chi connectivity index (χ0) is 13.5. The van der Waals surface area contributed by atoms with Gasteiger partial charge >= 0.3 is 0 Å². The second-order valence-corrected chi connectivity index (χ2v) is 4.83. The van der Waals surface area contributed by atoms with Crippen LogP contribution in [-0.2, 0) is 16.0 Å². The molecule has 1 aromatic carbocycles. The Morgan fingerprint density at radius 1 is 1.42 bits per heavy atom. The van der Waals surface area contributed by atoms with Crippen LogP contribution in [-0.4, -0.2) is 32.3 Å². The molecule has 4 nitrogen and oxygen atoms in total. The number of ether oxygens (including phenoxy) is 2. The Bertz CT molecular complexity index is 396. The highest BCUT2D eigenvalue weighted by Crippen LogP contribution is 2.13. The van der Waals surface area contributed by atoms with Gasteiger partial charge < -0.3 is 14.8 Å². The zero-order valence-electron chi connectivity index (χ0n) is 11.4. The molecule has 19 heavy (non-hydrogen) atoms. The molecular weight excluding hydrogens is 242 g/mol. The second kappa shape index (κ2) is 7.14. The summed E-state index contributed by atoms with van der Waals surface area (Å²) >= 11 is 0. The fourth-order valence-corrected chi connectivity index (χ4v) is 2.19. The number of nitrogens with one attached hydrogen (secondary N) is 1. The van der Waals surface area contributed by atoms with Crippen LogP contribution in [0.5, 0.6) is 5.75 Å². The van der Waals surface area contributed by atoms with E-state index in [9.17, 15) is 4.79 Å². The van der Waals surface area contributed by atoms with Crippen LogP contribution in [0, 0.1) is 0 Å². The van der Waals surface area contributed by atoms with Crippen LogP contribution in [0.25, 0.3) is 0 Å². The molecule has 1 fully saturated rings. The third-order valence-corrected chi connectivity index (χ3v) is 3.32. The summed E-state index contributed by atoms with van der Waals surface area (Å²) in [6.45, 7) is 1.42. The van der Waals surface area contributed by atoms with Gasteiger partial charge in [0.15, 0.2) is 0 Å². The topological polar surface area (TPSA) is 47.6 Å². The summed E-state index contributed by atoms with van der Waals surface area (Å²) in [4.78, 5) is 11.7. The highest BCUT2D eigenvalue weighted by atomic mass is 16.5. The van der Waals surface area contributed by atoms with Gasteiger partial charge in [-0.15, -0.1) is 0 Å². The largest absolute Gasteiger partial charge is 0.497 e. The van der Waals surface area contributed by atoms with Crippen LogP contribution >= 0.6 is 0 Å². The first kappa shape index (κ1) is 13.9. The van der Waals surface area contributed by atoms with Gasteiger partial charge in [-0.05, 0) is 37.0 Å². The third-order valence-electron chi connectivity index (χ3n) is 3.32. The van der Waals surface area contributed by atoms with Gasteiger partial charge in [0.25, 0.3) is 0 Å². The van der Waals surface area contributed by atoms with Crippen molar-refractivity contribution in [2.75, 3.05) is 20.3 Å². The first-order chi connectivity index (χ1) is 9.28. The molecule has 104 valence electrons. The standard InChI is InChI=1S/C15H21NO3/c1-18-14-7-5-12(6-8-14)3-2-4-15(17)16-13-9-10-19-11-13/h5-8,13H,2-4,9-11H2,1H3,(H,16,17). The van der Waals surface area contributed by atoms with Crippen molar-refractivity contribution in [2.45, 2.75) is 31.7 Å². The van der Waals surface area contributed by atoms with E-state index in [1.165, 1.54) is 5.56 Å². The van der Waals surface area contributed by atoms with Crippen LogP contribution in [0.4, 0.5) is 0 Å². The van der Waals surface area contributed by atoms with Gasteiger partial charge in [0.05, 0.1) is 19.8 Å². The number of carbonyl (C=O) groups is 1. The molecule has 0 radical (unpaired) electrons. The summed E-state index contributed by atoms with van der Waals surface area (Å²) < 4.78 is 10.3. The first-order valence-corrected chi connectivity index (χ1v) is 6.78. The van der Waals surface area contributed by atoms with Gasteiger partial charge in [-0.1, -0.05) is 12.1 Å². The SMILES string of the molecule is COc1ccc(CCCC(=O)NC2CCOC2)cc1. The van der Waals surface area contributed by atoms with Crippen molar-refractivity contribution in [3.8, 4) is 5.75 Å². The minimum absolute atomic E-state index is 0.129. The van der Waals surface area contributed by atoms with Crippen LogP contribution in [0.3, 0.4) is 0 Å². The van der Waals surface area contributed by atoms with Gasteiger partial charge in [-0.2, -0.15) is 0 Å². The molecule has 1 aliphatic rings. The Hall–Kier alpha value is -1.55. The maximum Gasteiger partial charge on any atom is 0.220 e. The smallest absolute Gasteiger partial charge is 0.220 e. The van der Waals surface area contributed by atoms with Crippen LogP contribution in [0.15, 0.2) is 24.3 Å². The van der Waals surface area contributed by atoms with Crippen molar-refractivity contribution < 1.29 is 14.3 Å². The van der Waals surface area contributed by atoms with Crippen molar-refractivity contribution >= 4 is 5.91 Å². The number of hydrogen-bond acceptors (Lipinski definition) is 3. The van der Waals surface area contributed by atoms with Crippen LogP contribution in [0.2, 0.25) is 0 Å². The van der Waals surface area contributed by atoms with Crippen LogP contribution in [0.1, 0.15) is 24.8 Å². The minimum atomic E-state index is 0.129. The molecule has 1 saturated heterocycles. The van der Waals surface area contributed by atoms with E-state index in [4.69, 9.17) is 9.47 Å². The second-order valence-electron chi connectivity index (χ2n) is 4.83. The molecule has 1 amide bonds. The van der Waals surface area contributed by atoms with Crippen molar-refractivity contribution in [2.24, 2.45) is 0 Å². The van der Waals surface area contributed by atoms with Gasteiger partial charge in [-0.3, -0.25) is 4.79 Å². The monoisotopic (exact) mass is 263 g/mol. The summed E-state index contributed by atoms with van der Waals surface area (Å²) in [5.74, 6) is 0.992. The van der Waals surface area contributed by atoms with Gasteiger partial charge in [0.2, 0.25) is 5.91 Å². The Labute approximate surface area is 114 Å². The first-order valence-electron chi connectivity index (χ1n) is 6.78. The lowest BCUT2D eigenvalue weighted by Crippen LogP contribution is -2.34. The fraction of sp³-hybridized carbons (Fsp3) is 0.533. The Morgan fingerprint density at radius 3 is 2.84 bits per heavy atom. The van der Waals surface area contributed by atoms with Gasteiger partial charge in [-0.25, -0.2) is 0 Å². The molecule has 1 unspecified atom stereocenters. The number of rotatable bonds is 6. The summed E-state index contributed by atoms with van der Waals surface area (Å²) in [5.41, 5.74) is 1.23. The number of carbonyl (C=O) groups excluding carboxylic acids is 1. The summed E-state index contributed by atoms with van der Waals surface area (Å²) in [7, 11) is 1.66. The zero-order valence-corrected chi connectivity index (χ0v) is 11.4. The minimum Gasteiger partial charge on any atom is -0.497 e. The molecule has 0 saturated carbocycles. The lowest BCUT2D eigenvalue weighted by Gasteiger charge is -2.10. The molecule has 1 N–H and O–H groups in total. The highest BCUT2D eigenvalue weighted by Gasteiger charge is 2.17. The molecular formula is C15H21NO3. The van der Waals surface area contributed by atoms with Gasteiger partial charge in [0, 0.05) is 13.0 Å². The molecule has 4 heteroatoms. The van der Waals surface area contributed by atoms with Crippen molar-refractivity contribution in [1.82, 2.24) is 5.32 Å². The van der Waals surface area contributed by atoms with Crippen molar-refractivity contribution in [1.29, 1.82) is 0 Å². The summed E-state index contributed by atoms with van der Waals surface area (Å²) in [6.07, 6.45) is 3.29. The Morgan fingerprint density at radius 2 is 2.21 bits per heavy atom. The van der Waals surface area contributed by atoms with Crippen LogP contribution < -0.4 is 10.1 Å². The quantitative estimate of drug-likeness (QED) is 0.853. The highest BCUT2D eigenvalue weighted by molar-refractivity contribution is 5.76. The average molecular weight is 263 g/mol. The lowest BCUT2D eigenvalue weighted by molar-refractivity contribution is -0.121. The van der Waals surface area contributed by atoms with Crippen molar-refractivity contribution in [3.63, 3.8) is 0 Å². The molecule has 0 aromatic heterocycles. The van der Waals surface area contributed by atoms with E-state index in [0.29, 0.717) is 13.0 Å². The number of methoxy groups -OCH3 is 1. The number of aryl methyl sites for hydroxylation is 1. The summed E-state index contributed by atoms with van der Waals surface area (Å²) in [5, 5.41) is 3.00. The molecule has 0 aliphatic carbocycles. The summed E-state index contributed by atoms with van der Waals surface area (Å²) in [6, 6.07) is 8.20. The van der Waals surface area contributed by atoms with E-state index in [2.05, 4.69) is 5.32 Å². The number of amides is 1. The Kier molecular flexibility index (Phi) is 5.21. The fourth-order valence-electron chi connectivity index (χ4n) is 2.19. The van der Waals surface area contributed by atoms with E-state index in [1.807, 2.05) is 24.3 Å². The Balaban J connectivity index is 1.65. The van der Waals surface area contributed by atoms with Crippen molar-refractivity contribution in [3.05, 3.63) is 29.8 Å². The molecule has 0 bridgehead atoms. The number of benzene rings is 1. The van der Waals surface area contributed by atoms with E-state index >= 15 is 0 Å². The van der Waals surface area contributed by atoms with E-state index in [-0.39, 0.29) is 11.9 Å². The predicted octanol–water partition coefficient (Wildman–Crippen LogP) is 1.92. The third kappa shape index (κ3) is 4.56. The molecule has 1 heterocycles. The molecule has 1 atom stereocenters. The number of hydrogen-bond donors (Lipinski definition) is 1. The molecule has 0 spiro atoms. The lowest BCUT2D eigenvalue weighted by atomic mass is 10.1. The molecule has 2 rings (SSSR count). The average Bonchev–Trinajstić information content (AvgIpc) is 2.92. The normalized spacial score (nSPS) is 18.3. The van der Waals surface area contributed by atoms with E-state index < -0.39 is 0 Å². The maximum atomic E-state index is 11.7.